The first-order chi connectivity index (χ1) is 9.79. The molecule has 0 saturated heterocycles. The lowest BCUT2D eigenvalue weighted by Gasteiger charge is -2.03. The second-order valence-corrected chi connectivity index (χ2v) is 4.61. The number of para-hydroxylation sites is 1. The number of guanidine groups is 1. The summed E-state index contributed by atoms with van der Waals surface area (Å²) in [6.07, 6.45) is 6.03. The number of aromatic nitrogens is 2. The predicted molar refractivity (Wildman–Crippen MR) is 97.2 cm³/mol. The average molecular weight is 399 g/mol. The van der Waals surface area contributed by atoms with Crippen molar-refractivity contribution in [3.05, 3.63) is 48.3 Å². The molecule has 0 radical (unpaired) electrons. The van der Waals surface area contributed by atoms with Crippen LogP contribution in [0.3, 0.4) is 0 Å². The van der Waals surface area contributed by atoms with Crippen molar-refractivity contribution in [2.75, 3.05) is 6.54 Å². The van der Waals surface area contributed by atoms with Gasteiger partial charge in [-0.25, -0.2) is 9.67 Å². The first-order valence-corrected chi connectivity index (χ1v) is 6.92. The Kier molecular flexibility index (Phi) is 7.81. The van der Waals surface area contributed by atoms with E-state index < -0.39 is 0 Å². The summed E-state index contributed by atoms with van der Waals surface area (Å²) in [5, 5.41) is 7.42. The maximum atomic E-state index is 5.79. The molecule has 0 atom stereocenters. The van der Waals surface area contributed by atoms with Gasteiger partial charge in [0.05, 0.1) is 18.4 Å². The highest BCUT2D eigenvalue weighted by Crippen LogP contribution is 2.08. The Morgan fingerprint density at radius 3 is 2.81 bits per heavy atom. The summed E-state index contributed by atoms with van der Waals surface area (Å²) >= 11 is 0. The van der Waals surface area contributed by atoms with Crippen LogP contribution in [0, 0.1) is 0 Å². The number of nitrogens with one attached hydrogen (secondary N) is 1. The summed E-state index contributed by atoms with van der Waals surface area (Å²) in [5.41, 5.74) is 7.87. The molecule has 3 N–H and O–H groups in total. The third-order valence-corrected chi connectivity index (χ3v) is 2.93. The molecule has 0 aliphatic heterocycles. The molecular formula is C15H22IN5. The number of halogens is 1. The molecule has 0 aliphatic rings. The van der Waals surface area contributed by atoms with Crippen molar-refractivity contribution in [3.63, 3.8) is 0 Å². The number of nitrogens with two attached hydrogens (primary N) is 1. The van der Waals surface area contributed by atoms with E-state index in [9.17, 15) is 0 Å². The van der Waals surface area contributed by atoms with Crippen LogP contribution in [0.4, 0.5) is 0 Å². The molecule has 0 aliphatic carbocycles. The normalized spacial score (nSPS) is 11.0. The largest absolute Gasteiger partial charge is 0.370 e. The van der Waals surface area contributed by atoms with E-state index in [1.54, 1.807) is 0 Å². The molecule has 0 bridgehead atoms. The summed E-state index contributed by atoms with van der Waals surface area (Å²) in [6, 6.07) is 10.00. The fraction of sp³-hybridized carbons (Fsp3) is 0.333. The summed E-state index contributed by atoms with van der Waals surface area (Å²) in [6.45, 7) is 3.56. The fourth-order valence-corrected chi connectivity index (χ4v) is 1.79. The predicted octanol–water partition coefficient (Wildman–Crippen LogP) is 2.69. The molecule has 1 aromatic heterocycles. The fourth-order valence-electron chi connectivity index (χ4n) is 1.79. The van der Waals surface area contributed by atoms with Gasteiger partial charge in [-0.15, -0.1) is 24.0 Å². The smallest absolute Gasteiger partial charge is 0.188 e. The first kappa shape index (κ1) is 17.5. The number of aliphatic imine (C=N–C) groups is 1. The van der Waals surface area contributed by atoms with Crippen molar-refractivity contribution in [2.45, 2.75) is 26.3 Å². The van der Waals surface area contributed by atoms with Gasteiger partial charge < -0.3 is 11.1 Å². The van der Waals surface area contributed by atoms with E-state index in [1.807, 2.05) is 47.4 Å². The highest BCUT2D eigenvalue weighted by Gasteiger charge is 2.00. The van der Waals surface area contributed by atoms with Crippen LogP contribution in [-0.2, 0) is 6.54 Å². The van der Waals surface area contributed by atoms with Gasteiger partial charge in [-0.2, -0.15) is 5.10 Å². The van der Waals surface area contributed by atoms with Crippen LogP contribution >= 0.6 is 24.0 Å². The summed E-state index contributed by atoms with van der Waals surface area (Å²) in [5.74, 6) is 0.492. The lowest BCUT2D eigenvalue weighted by Crippen LogP contribution is -2.32. The number of hydrogen-bond donors (Lipinski definition) is 2. The van der Waals surface area contributed by atoms with Crippen LogP contribution < -0.4 is 11.1 Å². The van der Waals surface area contributed by atoms with E-state index in [1.165, 1.54) is 0 Å². The monoisotopic (exact) mass is 399 g/mol. The minimum atomic E-state index is 0. The van der Waals surface area contributed by atoms with Crippen LogP contribution in [0.5, 0.6) is 0 Å². The van der Waals surface area contributed by atoms with Gasteiger partial charge in [0.1, 0.15) is 0 Å². The quantitative estimate of drug-likeness (QED) is 0.340. The Hall–Kier alpha value is -1.57. The molecule has 21 heavy (non-hydrogen) atoms. The Morgan fingerprint density at radius 2 is 2.10 bits per heavy atom. The number of hydrogen-bond acceptors (Lipinski definition) is 2. The molecule has 0 fully saturated rings. The molecule has 5 nitrogen and oxygen atoms in total. The molecule has 6 heteroatoms. The van der Waals surface area contributed by atoms with Crippen LogP contribution in [0.1, 0.15) is 25.3 Å². The molecule has 0 unspecified atom stereocenters. The van der Waals surface area contributed by atoms with Gasteiger partial charge in [-0.05, 0) is 18.6 Å². The molecule has 1 heterocycles. The molecule has 0 amide bonds. The van der Waals surface area contributed by atoms with Crippen molar-refractivity contribution in [3.8, 4) is 5.69 Å². The van der Waals surface area contributed by atoms with Crippen LogP contribution in [-0.4, -0.2) is 22.3 Å². The highest BCUT2D eigenvalue weighted by atomic mass is 127. The van der Waals surface area contributed by atoms with Crippen molar-refractivity contribution in [2.24, 2.45) is 10.7 Å². The van der Waals surface area contributed by atoms with Crippen molar-refractivity contribution >= 4 is 29.9 Å². The Morgan fingerprint density at radius 1 is 1.33 bits per heavy atom. The first-order valence-electron chi connectivity index (χ1n) is 6.92. The minimum Gasteiger partial charge on any atom is -0.370 e. The molecule has 0 saturated carbocycles. The lowest BCUT2D eigenvalue weighted by atomic mass is 10.3. The van der Waals surface area contributed by atoms with E-state index in [-0.39, 0.29) is 24.0 Å². The number of benzene rings is 1. The van der Waals surface area contributed by atoms with E-state index >= 15 is 0 Å². The zero-order valence-electron chi connectivity index (χ0n) is 12.2. The molecule has 2 aromatic rings. The molecule has 0 spiro atoms. The Labute approximate surface area is 142 Å². The number of rotatable bonds is 6. The third-order valence-electron chi connectivity index (χ3n) is 2.93. The summed E-state index contributed by atoms with van der Waals surface area (Å²) < 4.78 is 1.84. The van der Waals surface area contributed by atoms with E-state index in [4.69, 9.17) is 5.73 Å². The average Bonchev–Trinajstić information content (AvgIpc) is 2.95. The molecule has 2 rings (SSSR count). The summed E-state index contributed by atoms with van der Waals surface area (Å²) in [7, 11) is 0. The zero-order chi connectivity index (χ0) is 14.2. The van der Waals surface area contributed by atoms with E-state index in [2.05, 4.69) is 22.3 Å². The minimum absolute atomic E-state index is 0. The van der Waals surface area contributed by atoms with Crippen molar-refractivity contribution in [1.29, 1.82) is 0 Å². The standard InChI is InChI=1S/C15H21N5.HI/c1-2-3-9-17-15(16)18-10-13-11-19-20(12-13)14-7-5-4-6-8-14;/h4-8,11-12H,2-3,9-10H2,1H3,(H3,16,17,18);1H. The van der Waals surface area contributed by atoms with Gasteiger partial charge in [0.25, 0.3) is 0 Å². The van der Waals surface area contributed by atoms with E-state index in [0.717, 1.165) is 30.6 Å². The highest BCUT2D eigenvalue weighted by molar-refractivity contribution is 14.0. The van der Waals surface area contributed by atoms with Gasteiger partial charge in [0.15, 0.2) is 5.96 Å². The van der Waals surface area contributed by atoms with Gasteiger partial charge >= 0.3 is 0 Å². The molecular weight excluding hydrogens is 377 g/mol. The maximum absolute atomic E-state index is 5.79. The van der Waals surface area contributed by atoms with Crippen molar-refractivity contribution < 1.29 is 0 Å². The molecule has 1 aromatic carbocycles. The van der Waals surface area contributed by atoms with Crippen LogP contribution in [0.2, 0.25) is 0 Å². The van der Waals surface area contributed by atoms with Crippen LogP contribution in [0.15, 0.2) is 47.7 Å². The second kappa shape index (κ2) is 9.38. The lowest BCUT2D eigenvalue weighted by molar-refractivity contribution is 0.748. The Bertz CT molecular complexity index is 550. The van der Waals surface area contributed by atoms with Gasteiger partial charge in [-0.1, -0.05) is 31.5 Å². The van der Waals surface area contributed by atoms with E-state index in [0.29, 0.717) is 12.5 Å². The zero-order valence-corrected chi connectivity index (χ0v) is 14.5. The van der Waals surface area contributed by atoms with Crippen molar-refractivity contribution in [1.82, 2.24) is 15.1 Å². The SMILES string of the molecule is CCCCNC(N)=NCc1cnn(-c2ccccc2)c1.I. The van der Waals surface area contributed by atoms with Gasteiger partial charge in [-0.3, -0.25) is 0 Å². The van der Waals surface area contributed by atoms with Crippen LogP contribution in [0.25, 0.3) is 5.69 Å². The maximum Gasteiger partial charge on any atom is 0.188 e. The topological polar surface area (TPSA) is 68.2 Å². The molecule has 114 valence electrons. The number of nitrogens with zero attached hydrogens (tertiary/aromatic N) is 3. The summed E-state index contributed by atoms with van der Waals surface area (Å²) in [4.78, 5) is 4.30. The van der Waals surface area contributed by atoms with Gasteiger partial charge in [0, 0.05) is 18.3 Å². The Balaban J connectivity index is 0.00000220. The number of unbranched alkanes of at least 4 members (excludes halogenated alkanes) is 1. The van der Waals surface area contributed by atoms with Gasteiger partial charge in [0.2, 0.25) is 0 Å². The third kappa shape index (κ3) is 5.74. The second-order valence-electron chi connectivity index (χ2n) is 4.61.